The molecule has 0 fully saturated rings. The molecule has 5 heteroatoms. The van der Waals surface area contributed by atoms with Gasteiger partial charge in [0.2, 0.25) is 0 Å². The van der Waals surface area contributed by atoms with E-state index in [-0.39, 0.29) is 6.61 Å². The summed E-state index contributed by atoms with van der Waals surface area (Å²) < 4.78 is 11.4. The van der Waals surface area contributed by atoms with Crippen LogP contribution in [0, 0.1) is 0 Å². The Morgan fingerprint density at radius 2 is 1.94 bits per heavy atom. The fourth-order valence-corrected chi connectivity index (χ4v) is 2.48. The minimum absolute atomic E-state index is 0.0727. The lowest BCUT2D eigenvalue weighted by atomic mass is 10.2. The third kappa shape index (κ3) is 5.14. The first-order chi connectivity index (χ1) is 8.69. The van der Waals surface area contributed by atoms with Crippen LogP contribution >= 0.6 is 27.5 Å². The van der Waals surface area contributed by atoms with Crippen molar-refractivity contribution in [1.82, 2.24) is 0 Å². The Kier molecular flexibility index (Phi) is 7.66. The molecular weight excluding hydrogens is 319 g/mol. The van der Waals surface area contributed by atoms with Gasteiger partial charge in [-0.25, -0.2) is 0 Å². The summed E-state index contributed by atoms with van der Waals surface area (Å²) in [5.74, 6) is 0.642. The van der Waals surface area contributed by atoms with Gasteiger partial charge in [0.05, 0.1) is 13.2 Å². The van der Waals surface area contributed by atoms with Crippen molar-refractivity contribution in [3.8, 4) is 5.75 Å². The highest BCUT2D eigenvalue weighted by Crippen LogP contribution is 2.31. The second-order valence-electron chi connectivity index (χ2n) is 3.92. The van der Waals surface area contributed by atoms with Crippen molar-refractivity contribution in [2.24, 2.45) is 0 Å². The topological polar surface area (TPSA) is 38.7 Å². The molecule has 0 aliphatic heterocycles. The Bertz CT molecular complexity index is 371. The van der Waals surface area contributed by atoms with Gasteiger partial charge in [0.1, 0.15) is 5.75 Å². The molecule has 0 bridgehead atoms. The Labute approximate surface area is 121 Å². The number of rotatable bonds is 8. The maximum absolute atomic E-state index is 9.29. The molecule has 18 heavy (non-hydrogen) atoms. The molecule has 102 valence electrons. The van der Waals surface area contributed by atoms with Crippen LogP contribution in [-0.4, -0.2) is 25.4 Å². The van der Waals surface area contributed by atoms with Gasteiger partial charge < -0.3 is 14.6 Å². The molecule has 1 aromatic carbocycles. The average Bonchev–Trinajstić information content (AvgIpc) is 2.33. The minimum Gasteiger partial charge on any atom is -0.493 e. The molecule has 1 aromatic rings. The highest BCUT2D eigenvalue weighted by atomic mass is 79.9. The van der Waals surface area contributed by atoms with Crippen LogP contribution in [0.15, 0.2) is 16.6 Å². The van der Waals surface area contributed by atoms with Crippen LogP contribution in [0.3, 0.4) is 0 Å². The lowest BCUT2D eigenvalue weighted by Crippen LogP contribution is -2.02. The number of halogens is 2. The van der Waals surface area contributed by atoms with E-state index < -0.39 is 0 Å². The number of hydrogen-bond acceptors (Lipinski definition) is 3. The third-order valence-electron chi connectivity index (χ3n) is 2.53. The fourth-order valence-electron chi connectivity index (χ4n) is 1.57. The van der Waals surface area contributed by atoms with E-state index >= 15 is 0 Å². The lowest BCUT2D eigenvalue weighted by Gasteiger charge is -2.12. The molecule has 0 spiro atoms. The maximum atomic E-state index is 9.29. The number of unbranched alkanes of at least 4 members (excludes halogenated alkanes) is 2. The van der Waals surface area contributed by atoms with Gasteiger partial charge >= 0.3 is 0 Å². The molecule has 0 unspecified atom stereocenters. The second-order valence-corrected chi connectivity index (χ2v) is 5.22. The zero-order valence-corrected chi connectivity index (χ0v) is 12.8. The van der Waals surface area contributed by atoms with Gasteiger partial charge in [0.25, 0.3) is 0 Å². The number of hydrogen-bond donors (Lipinski definition) is 1. The van der Waals surface area contributed by atoms with Gasteiger partial charge in [-0.2, -0.15) is 0 Å². The van der Waals surface area contributed by atoms with Crippen LogP contribution in [0.25, 0.3) is 0 Å². The molecule has 3 nitrogen and oxygen atoms in total. The normalized spacial score (nSPS) is 10.7. The van der Waals surface area contributed by atoms with Crippen molar-refractivity contribution in [2.45, 2.75) is 25.9 Å². The molecular formula is C13H18BrClO3. The first-order valence-electron chi connectivity index (χ1n) is 5.89. The zero-order chi connectivity index (χ0) is 13.4. The standard InChI is InChI=1S/C13H18BrClO3/c1-17-5-3-2-4-6-18-13-8-10(15)7-12(14)11(13)9-16/h7-8,16H,2-6,9H2,1H3. The predicted octanol–water partition coefficient (Wildman–Crippen LogP) is 3.79. The molecule has 1 rings (SSSR count). The van der Waals surface area contributed by atoms with Gasteiger partial charge in [-0.05, 0) is 31.4 Å². The van der Waals surface area contributed by atoms with E-state index in [0.29, 0.717) is 17.4 Å². The summed E-state index contributed by atoms with van der Waals surface area (Å²) in [6, 6.07) is 3.48. The SMILES string of the molecule is COCCCCCOc1cc(Cl)cc(Br)c1CO. The van der Waals surface area contributed by atoms with Crippen molar-refractivity contribution >= 4 is 27.5 Å². The van der Waals surface area contributed by atoms with Gasteiger partial charge in [-0.15, -0.1) is 0 Å². The van der Waals surface area contributed by atoms with Crippen LogP contribution in [0.1, 0.15) is 24.8 Å². The Morgan fingerprint density at radius 3 is 2.61 bits per heavy atom. The summed E-state index contributed by atoms with van der Waals surface area (Å²) in [5.41, 5.74) is 0.733. The van der Waals surface area contributed by atoms with Gasteiger partial charge in [0, 0.05) is 28.8 Å². The van der Waals surface area contributed by atoms with Crippen molar-refractivity contribution in [3.63, 3.8) is 0 Å². The molecule has 0 atom stereocenters. The number of benzene rings is 1. The molecule has 0 aliphatic carbocycles. The van der Waals surface area contributed by atoms with Gasteiger partial charge in [-0.1, -0.05) is 27.5 Å². The first-order valence-corrected chi connectivity index (χ1v) is 7.06. The number of aliphatic hydroxyl groups excluding tert-OH is 1. The smallest absolute Gasteiger partial charge is 0.127 e. The van der Waals surface area contributed by atoms with E-state index in [1.54, 1.807) is 19.2 Å². The van der Waals surface area contributed by atoms with E-state index in [2.05, 4.69) is 15.9 Å². The molecule has 0 heterocycles. The highest BCUT2D eigenvalue weighted by molar-refractivity contribution is 9.10. The summed E-state index contributed by atoms with van der Waals surface area (Å²) in [6.45, 7) is 1.32. The van der Waals surface area contributed by atoms with Crippen LogP contribution < -0.4 is 4.74 Å². The maximum Gasteiger partial charge on any atom is 0.127 e. The van der Waals surface area contributed by atoms with E-state index in [0.717, 1.165) is 35.9 Å². The summed E-state index contributed by atoms with van der Waals surface area (Å²) in [4.78, 5) is 0. The van der Waals surface area contributed by atoms with Crippen molar-refractivity contribution < 1.29 is 14.6 Å². The summed E-state index contributed by atoms with van der Waals surface area (Å²) in [7, 11) is 1.70. The van der Waals surface area contributed by atoms with Crippen molar-refractivity contribution in [1.29, 1.82) is 0 Å². The lowest BCUT2D eigenvalue weighted by molar-refractivity contribution is 0.189. The quantitative estimate of drug-likeness (QED) is 0.734. The molecule has 0 radical (unpaired) electrons. The molecule has 1 N–H and O–H groups in total. The minimum atomic E-state index is -0.0727. The summed E-state index contributed by atoms with van der Waals surface area (Å²) >= 11 is 9.31. The van der Waals surface area contributed by atoms with E-state index in [1.165, 1.54) is 0 Å². The van der Waals surface area contributed by atoms with E-state index in [1.807, 2.05) is 0 Å². The van der Waals surface area contributed by atoms with Crippen LogP contribution in [-0.2, 0) is 11.3 Å². The third-order valence-corrected chi connectivity index (χ3v) is 3.45. The Hall–Kier alpha value is -0.290. The summed E-state index contributed by atoms with van der Waals surface area (Å²) in [5, 5.41) is 9.88. The zero-order valence-electron chi connectivity index (χ0n) is 10.4. The largest absolute Gasteiger partial charge is 0.493 e. The van der Waals surface area contributed by atoms with Crippen LogP contribution in [0.4, 0.5) is 0 Å². The predicted molar refractivity (Wildman–Crippen MR) is 76.3 cm³/mol. The fraction of sp³-hybridized carbons (Fsp3) is 0.538. The number of ether oxygens (including phenoxy) is 2. The Morgan fingerprint density at radius 1 is 1.22 bits per heavy atom. The van der Waals surface area contributed by atoms with Crippen LogP contribution in [0.5, 0.6) is 5.75 Å². The first kappa shape index (κ1) is 15.8. The molecule has 0 aromatic heterocycles. The average molecular weight is 338 g/mol. The molecule has 0 aliphatic rings. The number of aliphatic hydroxyl groups is 1. The Balaban J connectivity index is 2.46. The monoisotopic (exact) mass is 336 g/mol. The van der Waals surface area contributed by atoms with E-state index in [9.17, 15) is 5.11 Å². The van der Waals surface area contributed by atoms with Crippen LogP contribution in [0.2, 0.25) is 5.02 Å². The van der Waals surface area contributed by atoms with Gasteiger partial charge in [-0.3, -0.25) is 0 Å². The molecule has 0 saturated heterocycles. The second kappa shape index (κ2) is 8.75. The van der Waals surface area contributed by atoms with Gasteiger partial charge in [0.15, 0.2) is 0 Å². The highest BCUT2D eigenvalue weighted by Gasteiger charge is 2.09. The molecule has 0 amide bonds. The van der Waals surface area contributed by atoms with E-state index in [4.69, 9.17) is 21.1 Å². The van der Waals surface area contributed by atoms with Crippen molar-refractivity contribution in [2.75, 3.05) is 20.3 Å². The molecule has 0 saturated carbocycles. The summed E-state index contributed by atoms with van der Waals surface area (Å²) in [6.07, 6.45) is 3.05. The number of methoxy groups -OCH3 is 1. The van der Waals surface area contributed by atoms with Crippen molar-refractivity contribution in [3.05, 3.63) is 27.2 Å².